The minimum Gasteiger partial charge on any atom is -0.463 e. The second-order valence-corrected chi connectivity index (χ2v) is 10.4. The maximum atomic E-state index is 15.3. The van der Waals surface area contributed by atoms with Crippen LogP contribution in [0.1, 0.15) is 41.4 Å². The van der Waals surface area contributed by atoms with Gasteiger partial charge in [0.25, 0.3) is 5.91 Å². The minimum atomic E-state index is -1.40. The van der Waals surface area contributed by atoms with Crippen LogP contribution >= 0.6 is 0 Å². The zero-order valence-corrected chi connectivity index (χ0v) is 24.5. The largest absolute Gasteiger partial charge is 0.463 e. The first-order chi connectivity index (χ1) is 21.6. The summed E-state index contributed by atoms with van der Waals surface area (Å²) in [4.78, 5) is 42.0. The van der Waals surface area contributed by atoms with Gasteiger partial charge in [-0.2, -0.15) is 9.49 Å². The zero-order valence-electron chi connectivity index (χ0n) is 24.5. The van der Waals surface area contributed by atoms with Gasteiger partial charge >= 0.3 is 6.03 Å². The summed E-state index contributed by atoms with van der Waals surface area (Å²) in [5.74, 6) is -3.85. The minimum absolute atomic E-state index is 0.0531. The number of primary amides is 1. The number of hydrogen-bond acceptors (Lipinski definition) is 7. The lowest BCUT2D eigenvalue weighted by atomic mass is 10.1. The highest BCUT2D eigenvalue weighted by atomic mass is 19.2. The number of benzene rings is 3. The van der Waals surface area contributed by atoms with Crippen molar-refractivity contribution in [2.24, 2.45) is 10.7 Å². The van der Waals surface area contributed by atoms with Gasteiger partial charge in [-0.15, -0.1) is 0 Å². The Hall–Kier alpha value is -5.85. The van der Waals surface area contributed by atoms with E-state index in [0.717, 1.165) is 23.4 Å². The number of nitrogens with one attached hydrogen (secondary N) is 2. The van der Waals surface area contributed by atoms with Crippen LogP contribution in [0.25, 0.3) is 5.69 Å². The number of para-hydroxylation sites is 1. The molecule has 0 bridgehead atoms. The molecule has 4 N–H and O–H groups in total. The van der Waals surface area contributed by atoms with Crippen LogP contribution in [-0.2, 0) is 4.79 Å². The van der Waals surface area contributed by atoms with Crippen molar-refractivity contribution in [3.8, 4) is 11.4 Å². The Bertz CT molecular complexity index is 1830. The van der Waals surface area contributed by atoms with Gasteiger partial charge in [-0.3, -0.25) is 19.8 Å². The van der Waals surface area contributed by atoms with Crippen LogP contribution < -0.4 is 26.0 Å². The van der Waals surface area contributed by atoms with Gasteiger partial charge in [-0.1, -0.05) is 43.7 Å². The molecule has 3 amide bonds. The second kappa shape index (κ2) is 12.8. The molecule has 1 aliphatic rings. The number of aryl methyl sites for hydroxylation is 1. The molecule has 0 fully saturated rings. The van der Waals surface area contributed by atoms with Gasteiger partial charge in [0, 0.05) is 12.3 Å². The van der Waals surface area contributed by atoms with Crippen molar-refractivity contribution in [2.45, 2.75) is 32.9 Å². The third kappa shape index (κ3) is 6.42. The number of nitrogens with zero attached hydrogens (tertiary/aromatic N) is 4. The number of carbonyl (C=O) groups is 3. The molecule has 230 valence electrons. The number of anilines is 3. The van der Waals surface area contributed by atoms with Crippen molar-refractivity contribution in [3.05, 3.63) is 107 Å². The molecule has 13 heteroatoms. The van der Waals surface area contributed by atoms with E-state index in [1.54, 1.807) is 22.9 Å². The van der Waals surface area contributed by atoms with Gasteiger partial charge < -0.3 is 15.8 Å². The average molecular weight is 614 g/mol. The second-order valence-electron chi connectivity index (χ2n) is 10.4. The third-order valence-corrected chi connectivity index (χ3v) is 6.88. The number of urea groups is 1. The molecule has 0 saturated heterocycles. The Labute approximate surface area is 257 Å². The maximum Gasteiger partial charge on any atom is 0.324 e. The molecular weight excluding hydrogens is 584 g/mol. The van der Waals surface area contributed by atoms with Gasteiger partial charge in [0.2, 0.25) is 5.82 Å². The highest BCUT2D eigenvalue weighted by Crippen LogP contribution is 2.31. The van der Waals surface area contributed by atoms with Crippen LogP contribution in [-0.4, -0.2) is 40.1 Å². The van der Waals surface area contributed by atoms with Gasteiger partial charge in [-0.25, -0.2) is 18.9 Å². The van der Waals surface area contributed by atoms with Crippen LogP contribution in [0.3, 0.4) is 0 Å². The first kappa shape index (κ1) is 30.6. The first-order valence-electron chi connectivity index (χ1n) is 13.8. The highest BCUT2D eigenvalue weighted by molar-refractivity contribution is 6.34. The highest BCUT2D eigenvalue weighted by Gasteiger charge is 2.30. The standard InChI is InChI=1S/C32H29F2N7O4/c1-18(2)23-16-26(41(39-23)20-10-8-19(3)9-11-20)38-32(44)37-22-12-13-25(30(34)29(22)33)45-28-14-15-36-27(17-42)40(28)24-7-5-4-6-21(24)31(35)43/h4-18,28H,1-3H3,(H2,35,43)(H2,37,38,44). The van der Waals surface area contributed by atoms with E-state index < -0.39 is 41.2 Å². The number of carbonyl (C=O) groups excluding carboxylic acids is 3. The topological polar surface area (TPSA) is 144 Å². The number of halogens is 2. The van der Waals surface area contributed by atoms with E-state index in [1.807, 2.05) is 45.0 Å². The van der Waals surface area contributed by atoms with Gasteiger partial charge in [0.1, 0.15) is 5.82 Å². The lowest BCUT2D eigenvalue weighted by Gasteiger charge is -2.33. The van der Waals surface area contributed by atoms with E-state index >= 15 is 8.78 Å². The third-order valence-electron chi connectivity index (χ3n) is 6.88. The lowest BCUT2D eigenvalue weighted by Crippen LogP contribution is -2.46. The van der Waals surface area contributed by atoms with Crippen LogP contribution in [0, 0.1) is 18.6 Å². The van der Waals surface area contributed by atoms with Crippen molar-refractivity contribution in [2.75, 3.05) is 15.5 Å². The fraction of sp³-hybridized carbons (Fsp3) is 0.156. The van der Waals surface area contributed by atoms with Gasteiger partial charge in [-0.05, 0) is 55.3 Å². The number of amides is 3. The van der Waals surface area contributed by atoms with Crippen LogP contribution in [0.15, 0.2) is 84.0 Å². The van der Waals surface area contributed by atoms with E-state index in [-0.39, 0.29) is 23.0 Å². The van der Waals surface area contributed by atoms with Crippen LogP contribution in [0.2, 0.25) is 0 Å². The molecule has 0 spiro atoms. The van der Waals surface area contributed by atoms with E-state index in [9.17, 15) is 14.4 Å². The number of aliphatic imine (C=N–C) groups is 1. The molecule has 11 nitrogen and oxygen atoms in total. The molecule has 1 aliphatic heterocycles. The number of hydrogen-bond donors (Lipinski definition) is 3. The Morgan fingerprint density at radius 2 is 1.76 bits per heavy atom. The number of aldehydes is 1. The Morgan fingerprint density at radius 1 is 1.02 bits per heavy atom. The SMILES string of the molecule is Cc1ccc(-n2nc(C(C)C)cc2NC(=O)Nc2ccc(OC3C=CN=C(C=O)N3c3ccccc3C(N)=O)c(F)c2F)cc1. The molecule has 0 aliphatic carbocycles. The molecule has 2 heterocycles. The van der Waals surface area contributed by atoms with E-state index in [2.05, 4.69) is 20.7 Å². The molecule has 45 heavy (non-hydrogen) atoms. The summed E-state index contributed by atoms with van der Waals surface area (Å²) in [6, 6.07) is 16.8. The molecule has 1 unspecified atom stereocenters. The molecule has 3 aromatic carbocycles. The number of amidine groups is 1. The number of aromatic nitrogens is 2. The average Bonchev–Trinajstić information content (AvgIpc) is 3.45. The first-order valence-corrected chi connectivity index (χ1v) is 13.8. The summed E-state index contributed by atoms with van der Waals surface area (Å²) in [6.45, 7) is 5.86. The molecular formula is C32H29F2N7O4. The van der Waals surface area contributed by atoms with Crippen molar-refractivity contribution >= 4 is 41.3 Å². The number of ether oxygens (including phenoxy) is 1. The fourth-order valence-corrected chi connectivity index (χ4v) is 4.58. The quantitative estimate of drug-likeness (QED) is 0.208. The summed E-state index contributed by atoms with van der Waals surface area (Å²) in [7, 11) is 0. The Kier molecular flexibility index (Phi) is 8.70. The molecule has 1 aromatic heterocycles. The van der Waals surface area contributed by atoms with Gasteiger partial charge in [0.15, 0.2) is 29.9 Å². The normalized spacial score (nSPS) is 14.2. The van der Waals surface area contributed by atoms with E-state index in [0.29, 0.717) is 17.8 Å². The Balaban J connectivity index is 1.37. The van der Waals surface area contributed by atoms with Gasteiger partial charge in [0.05, 0.1) is 28.3 Å². The van der Waals surface area contributed by atoms with Crippen molar-refractivity contribution in [3.63, 3.8) is 0 Å². The molecule has 4 aromatic rings. The van der Waals surface area contributed by atoms with Crippen LogP contribution in [0.4, 0.5) is 30.8 Å². The lowest BCUT2D eigenvalue weighted by molar-refractivity contribution is -0.102. The smallest absolute Gasteiger partial charge is 0.324 e. The molecule has 0 saturated carbocycles. The number of rotatable bonds is 9. The predicted octanol–water partition coefficient (Wildman–Crippen LogP) is 5.66. The van der Waals surface area contributed by atoms with E-state index in [1.165, 1.54) is 29.3 Å². The zero-order chi connectivity index (χ0) is 32.2. The summed E-state index contributed by atoms with van der Waals surface area (Å²) in [5, 5.41) is 9.56. The fourth-order valence-electron chi connectivity index (χ4n) is 4.58. The summed E-state index contributed by atoms with van der Waals surface area (Å²) in [6.07, 6.45) is 1.86. The Morgan fingerprint density at radius 3 is 2.44 bits per heavy atom. The molecule has 0 radical (unpaired) electrons. The summed E-state index contributed by atoms with van der Waals surface area (Å²) in [5.41, 5.74) is 7.75. The van der Waals surface area contributed by atoms with Crippen LogP contribution in [0.5, 0.6) is 5.75 Å². The number of nitrogens with two attached hydrogens (primary N) is 1. The van der Waals surface area contributed by atoms with E-state index in [4.69, 9.17) is 10.5 Å². The van der Waals surface area contributed by atoms with Crippen molar-refractivity contribution < 1.29 is 27.9 Å². The monoisotopic (exact) mass is 613 g/mol. The van der Waals surface area contributed by atoms with Crippen molar-refractivity contribution in [1.29, 1.82) is 0 Å². The summed E-state index contributed by atoms with van der Waals surface area (Å²) >= 11 is 0. The van der Waals surface area contributed by atoms with Crippen molar-refractivity contribution in [1.82, 2.24) is 9.78 Å². The predicted molar refractivity (Wildman–Crippen MR) is 166 cm³/mol. The maximum absolute atomic E-state index is 15.3. The summed E-state index contributed by atoms with van der Waals surface area (Å²) < 4.78 is 37.9. The molecule has 5 rings (SSSR count). The molecule has 1 atom stereocenters.